The van der Waals surface area contributed by atoms with E-state index in [1.165, 1.54) is 0 Å². The van der Waals surface area contributed by atoms with Gasteiger partial charge in [0.25, 0.3) is 5.91 Å². The molecule has 5 rings (SSSR count). The van der Waals surface area contributed by atoms with Crippen molar-refractivity contribution in [2.75, 3.05) is 18.4 Å². The number of amides is 2. The van der Waals surface area contributed by atoms with Crippen LogP contribution in [0, 0.1) is 18.3 Å². The number of piperidine rings is 1. The van der Waals surface area contributed by atoms with E-state index in [-0.39, 0.29) is 22.9 Å². The summed E-state index contributed by atoms with van der Waals surface area (Å²) in [4.78, 5) is 37.4. The third-order valence-corrected chi connectivity index (χ3v) is 8.96. The molecule has 4 heterocycles. The van der Waals surface area contributed by atoms with Gasteiger partial charge in [0.15, 0.2) is 5.82 Å². The smallest absolute Gasteiger partial charge is 0.272 e. The first-order valence-corrected chi connectivity index (χ1v) is 13.6. The van der Waals surface area contributed by atoms with E-state index >= 15 is 0 Å². The first-order valence-electron chi connectivity index (χ1n) is 12.7. The van der Waals surface area contributed by atoms with Crippen molar-refractivity contribution in [1.29, 1.82) is 0 Å². The topological polar surface area (TPSA) is 105 Å². The van der Waals surface area contributed by atoms with Gasteiger partial charge >= 0.3 is 0 Å². The van der Waals surface area contributed by atoms with E-state index in [1.54, 1.807) is 22.0 Å². The maximum Gasteiger partial charge on any atom is 0.272 e. The number of rotatable bonds is 7. The molecule has 0 aromatic carbocycles. The van der Waals surface area contributed by atoms with Crippen molar-refractivity contribution >= 4 is 34.3 Å². The number of anilines is 1. The Morgan fingerprint density at radius 1 is 1.25 bits per heavy atom. The molecule has 36 heavy (non-hydrogen) atoms. The number of fused-ring (bicyclic) bond motifs is 1. The van der Waals surface area contributed by atoms with Crippen LogP contribution in [0.25, 0.3) is 16.2 Å². The van der Waals surface area contributed by atoms with Crippen LogP contribution in [0.15, 0.2) is 17.8 Å². The zero-order valence-corrected chi connectivity index (χ0v) is 22.5. The Hall–Kier alpha value is -3.01. The normalized spacial score (nSPS) is 18.8. The summed E-state index contributed by atoms with van der Waals surface area (Å²) in [5.41, 5.74) is 1.98. The van der Waals surface area contributed by atoms with Crippen LogP contribution in [-0.2, 0) is 4.79 Å². The summed E-state index contributed by atoms with van der Waals surface area (Å²) in [6.07, 6.45) is 8.32. The summed E-state index contributed by atoms with van der Waals surface area (Å²) in [5, 5.41) is 13.0. The molecule has 1 saturated carbocycles. The molecule has 10 heteroatoms. The maximum absolute atomic E-state index is 13.8. The third-order valence-electron chi connectivity index (χ3n) is 8.07. The van der Waals surface area contributed by atoms with Crippen LogP contribution < -0.4 is 10.6 Å². The number of carbonyl (C=O) groups excluding carboxylic acids is 2. The number of carbonyl (C=O) groups is 2. The Bertz CT molecular complexity index is 1280. The average Bonchev–Trinajstić information content (AvgIpc) is 3.29. The molecule has 0 unspecified atom stereocenters. The molecule has 192 valence electrons. The van der Waals surface area contributed by atoms with Crippen molar-refractivity contribution in [2.24, 2.45) is 11.3 Å². The van der Waals surface area contributed by atoms with Gasteiger partial charge in [-0.2, -0.15) is 5.10 Å². The number of nitrogens with zero attached hydrogens (tertiary/aromatic N) is 5. The van der Waals surface area contributed by atoms with Crippen LogP contribution in [-0.4, -0.2) is 61.5 Å². The molecule has 0 spiro atoms. The Morgan fingerprint density at radius 2 is 1.97 bits per heavy atom. The van der Waals surface area contributed by atoms with Crippen molar-refractivity contribution in [3.05, 3.63) is 29.0 Å². The monoisotopic (exact) mass is 509 g/mol. The minimum absolute atomic E-state index is 0.0106. The first-order chi connectivity index (χ1) is 17.1. The number of thiazole rings is 1. The SMILES string of the molecule is Cc1c(N[C@@H](C)C(C)(C)C)nc(-c2cnn3ccsc23)nc1C(=O)N1CCC(C2(NC=O)CC2)CC1. The van der Waals surface area contributed by atoms with Gasteiger partial charge in [0.2, 0.25) is 6.41 Å². The van der Waals surface area contributed by atoms with E-state index < -0.39 is 0 Å². The summed E-state index contributed by atoms with van der Waals surface area (Å²) in [5.74, 6) is 1.54. The molecule has 1 aliphatic heterocycles. The lowest BCUT2D eigenvalue weighted by molar-refractivity contribution is -0.110. The van der Waals surface area contributed by atoms with Gasteiger partial charge in [-0.1, -0.05) is 20.8 Å². The maximum atomic E-state index is 13.8. The molecule has 2 N–H and O–H groups in total. The predicted molar refractivity (Wildman–Crippen MR) is 141 cm³/mol. The Balaban J connectivity index is 1.46. The van der Waals surface area contributed by atoms with Crippen molar-refractivity contribution in [1.82, 2.24) is 29.8 Å². The highest BCUT2D eigenvalue weighted by Gasteiger charge is 2.50. The molecule has 3 aromatic rings. The average molecular weight is 510 g/mol. The molecule has 3 aromatic heterocycles. The fourth-order valence-corrected chi connectivity index (χ4v) is 5.79. The molecule has 2 fully saturated rings. The zero-order valence-electron chi connectivity index (χ0n) is 21.7. The third kappa shape index (κ3) is 4.47. The van der Waals surface area contributed by atoms with Crippen molar-refractivity contribution in [3.8, 4) is 11.4 Å². The predicted octanol–water partition coefficient (Wildman–Crippen LogP) is 4.14. The van der Waals surface area contributed by atoms with Gasteiger partial charge in [-0.3, -0.25) is 9.59 Å². The Morgan fingerprint density at radius 3 is 2.61 bits per heavy atom. The van der Waals surface area contributed by atoms with Crippen LogP contribution in [0.4, 0.5) is 5.82 Å². The molecule has 2 amide bonds. The largest absolute Gasteiger partial charge is 0.367 e. The standard InChI is InChI=1S/C26H35N7O2S/c1-16-20(23(35)32-10-6-18(7-11-32)26(8-9-26)27-15-34)30-22(19-14-28-33-12-13-36-24(19)33)31-21(16)29-17(2)25(3,4)5/h12-15,17-18H,6-11H2,1-5H3,(H,27,34)(H,29,30,31)/t17-/m0/s1. The quantitative estimate of drug-likeness (QED) is 0.464. The van der Waals surface area contributed by atoms with Crippen LogP contribution in [0.1, 0.15) is 69.4 Å². The van der Waals surface area contributed by atoms with Gasteiger partial charge in [0.1, 0.15) is 16.3 Å². The molecular weight excluding hydrogens is 474 g/mol. The van der Waals surface area contributed by atoms with Crippen LogP contribution in [0.5, 0.6) is 0 Å². The van der Waals surface area contributed by atoms with E-state index in [4.69, 9.17) is 9.97 Å². The first kappa shape index (κ1) is 24.7. The van der Waals surface area contributed by atoms with Crippen LogP contribution in [0.2, 0.25) is 0 Å². The van der Waals surface area contributed by atoms with Gasteiger partial charge < -0.3 is 15.5 Å². The fraction of sp³-hybridized carbons (Fsp3) is 0.577. The van der Waals surface area contributed by atoms with Gasteiger partial charge in [-0.05, 0) is 50.9 Å². The molecule has 1 saturated heterocycles. The van der Waals surface area contributed by atoms with Gasteiger partial charge in [-0.25, -0.2) is 14.5 Å². The zero-order chi connectivity index (χ0) is 25.7. The van der Waals surface area contributed by atoms with Crippen molar-refractivity contribution in [2.45, 2.75) is 71.9 Å². The summed E-state index contributed by atoms with van der Waals surface area (Å²) < 4.78 is 1.81. The molecule has 1 atom stereocenters. The highest BCUT2D eigenvalue weighted by molar-refractivity contribution is 7.16. The minimum atomic E-state index is -0.0659. The number of hydrogen-bond donors (Lipinski definition) is 2. The lowest BCUT2D eigenvalue weighted by atomic mass is 9.87. The summed E-state index contributed by atoms with van der Waals surface area (Å²) in [7, 11) is 0. The van der Waals surface area contributed by atoms with E-state index in [0.717, 1.165) is 48.1 Å². The van der Waals surface area contributed by atoms with Crippen LogP contribution >= 0.6 is 11.3 Å². The van der Waals surface area contributed by atoms with E-state index in [2.05, 4.69) is 43.4 Å². The summed E-state index contributed by atoms with van der Waals surface area (Å²) in [6.45, 7) is 11.9. The Kier molecular flexibility index (Phi) is 6.26. The molecule has 9 nitrogen and oxygen atoms in total. The molecule has 0 radical (unpaired) electrons. The molecule has 0 bridgehead atoms. The molecular formula is C26H35N7O2S. The lowest BCUT2D eigenvalue weighted by Gasteiger charge is -2.36. The highest BCUT2D eigenvalue weighted by atomic mass is 32.1. The number of nitrogens with one attached hydrogen (secondary N) is 2. The second-order valence-electron chi connectivity index (χ2n) is 11.3. The van der Waals surface area contributed by atoms with Gasteiger partial charge in [-0.15, -0.1) is 11.3 Å². The minimum Gasteiger partial charge on any atom is -0.367 e. The number of likely N-dealkylation sites (tertiary alicyclic amines) is 1. The Labute approximate surface area is 215 Å². The van der Waals surface area contributed by atoms with Gasteiger partial charge in [0, 0.05) is 41.8 Å². The van der Waals surface area contributed by atoms with E-state index in [9.17, 15) is 9.59 Å². The second kappa shape index (κ2) is 9.14. The summed E-state index contributed by atoms with van der Waals surface area (Å²) in [6, 6.07) is 0.131. The second-order valence-corrected chi connectivity index (χ2v) is 12.2. The summed E-state index contributed by atoms with van der Waals surface area (Å²) >= 11 is 1.57. The lowest BCUT2D eigenvalue weighted by Crippen LogP contribution is -2.46. The van der Waals surface area contributed by atoms with E-state index in [0.29, 0.717) is 36.3 Å². The number of hydrogen-bond acceptors (Lipinski definition) is 7. The fourth-order valence-electron chi connectivity index (χ4n) is 5.00. The van der Waals surface area contributed by atoms with E-state index in [1.807, 2.05) is 23.4 Å². The highest BCUT2D eigenvalue weighted by Crippen LogP contribution is 2.46. The van der Waals surface area contributed by atoms with Gasteiger partial charge in [0.05, 0.1) is 11.8 Å². The van der Waals surface area contributed by atoms with Crippen LogP contribution in [0.3, 0.4) is 0 Å². The molecule has 1 aliphatic carbocycles. The van der Waals surface area contributed by atoms with Crippen molar-refractivity contribution < 1.29 is 9.59 Å². The number of aromatic nitrogens is 4. The molecule has 2 aliphatic rings. The van der Waals surface area contributed by atoms with Crippen molar-refractivity contribution in [3.63, 3.8) is 0 Å².